The van der Waals surface area contributed by atoms with Crippen molar-refractivity contribution in [2.75, 3.05) is 19.6 Å². The minimum absolute atomic E-state index is 0.298. The molecule has 1 unspecified atom stereocenters. The molecule has 0 radical (unpaired) electrons. The number of hydrogen-bond donors (Lipinski definition) is 1. The minimum atomic E-state index is -4.58. The number of aromatic nitrogens is 1. The molecular formula is C20H22F3N3O2. The number of carbonyl (C=O) groups excluding carboxylic acids is 1. The molecule has 1 amide bonds. The Hall–Kier alpha value is -2.61. The molecule has 3 rings (SSSR count). The normalized spacial score (nSPS) is 16.1. The smallest absolute Gasteiger partial charge is 0.346 e. The molecule has 150 valence electrons. The number of pyridine rings is 1. The van der Waals surface area contributed by atoms with Crippen LogP contribution in [0.4, 0.5) is 13.2 Å². The van der Waals surface area contributed by atoms with E-state index < -0.39 is 29.8 Å². The molecule has 1 fully saturated rings. The fourth-order valence-corrected chi connectivity index (χ4v) is 3.36. The predicted molar refractivity (Wildman–Crippen MR) is 98.7 cm³/mol. The molecule has 2 aromatic rings. The molecule has 2 heterocycles. The SMILES string of the molecule is O=C(Cn1cc(C(F)(F)F)ccc1=O)NC(CN1CCCC1)c1ccccc1. The molecule has 1 aromatic carbocycles. The van der Waals surface area contributed by atoms with E-state index in [1.54, 1.807) is 0 Å². The van der Waals surface area contributed by atoms with Gasteiger partial charge in [-0.1, -0.05) is 30.3 Å². The second kappa shape index (κ2) is 8.60. The molecule has 1 aliphatic heterocycles. The molecule has 1 atom stereocenters. The summed E-state index contributed by atoms with van der Waals surface area (Å²) in [5, 5.41) is 2.87. The summed E-state index contributed by atoms with van der Waals surface area (Å²) in [5.74, 6) is -0.505. The van der Waals surface area contributed by atoms with Crippen LogP contribution in [0.25, 0.3) is 0 Å². The van der Waals surface area contributed by atoms with Gasteiger partial charge in [-0.05, 0) is 37.6 Å². The van der Waals surface area contributed by atoms with Crippen LogP contribution in [0.2, 0.25) is 0 Å². The summed E-state index contributed by atoms with van der Waals surface area (Å²) >= 11 is 0. The lowest BCUT2D eigenvalue weighted by Crippen LogP contribution is -2.39. The van der Waals surface area contributed by atoms with Gasteiger partial charge in [0.05, 0.1) is 11.6 Å². The number of halogens is 3. The second-order valence-corrected chi connectivity index (χ2v) is 6.92. The van der Waals surface area contributed by atoms with E-state index in [2.05, 4.69) is 10.2 Å². The average Bonchev–Trinajstić information content (AvgIpc) is 3.16. The molecule has 1 aromatic heterocycles. The Morgan fingerprint density at radius 3 is 2.39 bits per heavy atom. The van der Waals surface area contributed by atoms with Crippen molar-refractivity contribution in [1.29, 1.82) is 0 Å². The van der Waals surface area contributed by atoms with Crippen LogP contribution in [-0.4, -0.2) is 35.0 Å². The first-order chi connectivity index (χ1) is 13.3. The number of amides is 1. The van der Waals surface area contributed by atoms with Crippen LogP contribution in [0.1, 0.15) is 30.0 Å². The summed E-state index contributed by atoms with van der Waals surface area (Å²) in [6, 6.07) is 10.7. The third-order valence-corrected chi connectivity index (χ3v) is 4.80. The van der Waals surface area contributed by atoms with E-state index in [4.69, 9.17) is 0 Å². The van der Waals surface area contributed by atoms with Crippen LogP contribution in [0.3, 0.4) is 0 Å². The van der Waals surface area contributed by atoms with Gasteiger partial charge < -0.3 is 14.8 Å². The Bertz CT molecular complexity index is 859. The highest BCUT2D eigenvalue weighted by molar-refractivity contribution is 5.76. The van der Waals surface area contributed by atoms with Gasteiger partial charge in [-0.2, -0.15) is 13.2 Å². The van der Waals surface area contributed by atoms with Crippen LogP contribution in [0, 0.1) is 0 Å². The highest BCUT2D eigenvalue weighted by atomic mass is 19.4. The quantitative estimate of drug-likeness (QED) is 0.821. The van der Waals surface area contributed by atoms with E-state index in [0.717, 1.165) is 48.2 Å². The fourth-order valence-electron chi connectivity index (χ4n) is 3.36. The lowest BCUT2D eigenvalue weighted by molar-refractivity contribution is -0.138. The molecule has 0 saturated carbocycles. The number of likely N-dealkylation sites (tertiary alicyclic amines) is 1. The van der Waals surface area contributed by atoms with E-state index in [1.807, 2.05) is 30.3 Å². The van der Waals surface area contributed by atoms with Gasteiger partial charge in [0, 0.05) is 18.8 Å². The van der Waals surface area contributed by atoms with Crippen molar-refractivity contribution in [2.45, 2.75) is 31.6 Å². The number of rotatable bonds is 6. The monoisotopic (exact) mass is 393 g/mol. The van der Waals surface area contributed by atoms with E-state index >= 15 is 0 Å². The standard InChI is InChI=1S/C20H22F3N3O2/c21-20(22,23)16-8-9-19(28)26(12-16)14-18(27)24-17(13-25-10-4-5-11-25)15-6-2-1-3-7-15/h1-3,6-9,12,17H,4-5,10-11,13-14H2,(H,24,27). The maximum atomic E-state index is 12.9. The summed E-state index contributed by atoms with van der Waals surface area (Å²) in [4.78, 5) is 26.6. The zero-order valence-corrected chi connectivity index (χ0v) is 15.3. The van der Waals surface area contributed by atoms with Gasteiger partial charge in [0.2, 0.25) is 5.91 Å². The first-order valence-electron chi connectivity index (χ1n) is 9.17. The molecular weight excluding hydrogens is 371 g/mol. The highest BCUT2D eigenvalue weighted by Crippen LogP contribution is 2.28. The van der Waals surface area contributed by atoms with E-state index in [-0.39, 0.29) is 6.04 Å². The fraction of sp³-hybridized carbons (Fsp3) is 0.400. The van der Waals surface area contributed by atoms with Gasteiger partial charge in [-0.3, -0.25) is 9.59 Å². The van der Waals surface area contributed by atoms with Crippen LogP contribution >= 0.6 is 0 Å². The third kappa shape index (κ3) is 5.22. The molecule has 0 aliphatic carbocycles. The number of nitrogens with zero attached hydrogens (tertiary/aromatic N) is 2. The Labute approximate surface area is 160 Å². The lowest BCUT2D eigenvalue weighted by atomic mass is 10.1. The molecule has 28 heavy (non-hydrogen) atoms. The molecule has 1 aliphatic rings. The van der Waals surface area contributed by atoms with Crippen molar-refractivity contribution < 1.29 is 18.0 Å². The number of carbonyl (C=O) groups is 1. The zero-order valence-electron chi connectivity index (χ0n) is 15.3. The maximum Gasteiger partial charge on any atom is 0.417 e. The first kappa shape index (κ1) is 20.1. The van der Waals surface area contributed by atoms with Crippen LogP contribution in [0.5, 0.6) is 0 Å². The molecule has 0 spiro atoms. The largest absolute Gasteiger partial charge is 0.417 e. The minimum Gasteiger partial charge on any atom is -0.346 e. The van der Waals surface area contributed by atoms with Gasteiger partial charge in [-0.15, -0.1) is 0 Å². The zero-order chi connectivity index (χ0) is 20.1. The predicted octanol–water partition coefficient (Wildman–Crippen LogP) is 2.82. The van der Waals surface area contributed by atoms with Crippen molar-refractivity contribution in [3.63, 3.8) is 0 Å². The lowest BCUT2D eigenvalue weighted by Gasteiger charge is -2.25. The van der Waals surface area contributed by atoms with Crippen molar-refractivity contribution in [2.24, 2.45) is 0 Å². The molecule has 1 saturated heterocycles. The third-order valence-electron chi connectivity index (χ3n) is 4.80. The summed E-state index contributed by atoms with van der Waals surface area (Å²) in [6.45, 7) is 2.05. The van der Waals surface area contributed by atoms with Gasteiger partial charge in [0.15, 0.2) is 0 Å². The Kier molecular flexibility index (Phi) is 6.18. The number of hydrogen-bond acceptors (Lipinski definition) is 3. The van der Waals surface area contributed by atoms with E-state index in [9.17, 15) is 22.8 Å². The van der Waals surface area contributed by atoms with E-state index in [0.29, 0.717) is 12.7 Å². The van der Waals surface area contributed by atoms with Gasteiger partial charge in [0.1, 0.15) is 6.54 Å². The average molecular weight is 393 g/mol. The maximum absolute atomic E-state index is 12.9. The summed E-state index contributed by atoms with van der Waals surface area (Å²) in [7, 11) is 0. The molecule has 0 bridgehead atoms. The van der Waals surface area contributed by atoms with Crippen molar-refractivity contribution in [3.8, 4) is 0 Å². The van der Waals surface area contributed by atoms with Gasteiger partial charge in [-0.25, -0.2) is 0 Å². The number of alkyl halides is 3. The van der Waals surface area contributed by atoms with Gasteiger partial charge in [0.25, 0.3) is 5.56 Å². The Morgan fingerprint density at radius 1 is 1.07 bits per heavy atom. The summed E-state index contributed by atoms with van der Waals surface area (Å²) in [5.41, 5.74) is -0.699. The van der Waals surface area contributed by atoms with E-state index in [1.165, 1.54) is 0 Å². The van der Waals surface area contributed by atoms with Gasteiger partial charge >= 0.3 is 6.18 Å². The molecule has 1 N–H and O–H groups in total. The van der Waals surface area contributed by atoms with Crippen LogP contribution in [0.15, 0.2) is 53.5 Å². The van der Waals surface area contributed by atoms with Crippen LogP contribution < -0.4 is 10.9 Å². The Morgan fingerprint density at radius 2 is 1.75 bits per heavy atom. The van der Waals surface area contributed by atoms with Crippen molar-refractivity contribution in [1.82, 2.24) is 14.8 Å². The number of benzene rings is 1. The first-order valence-corrected chi connectivity index (χ1v) is 9.17. The number of nitrogens with one attached hydrogen (secondary N) is 1. The second-order valence-electron chi connectivity index (χ2n) is 6.92. The molecule has 5 nitrogen and oxygen atoms in total. The highest BCUT2D eigenvalue weighted by Gasteiger charge is 2.31. The summed E-state index contributed by atoms with van der Waals surface area (Å²) < 4.78 is 39.4. The van der Waals surface area contributed by atoms with Crippen molar-refractivity contribution >= 4 is 5.91 Å². The Balaban J connectivity index is 1.74. The summed E-state index contributed by atoms with van der Waals surface area (Å²) in [6.07, 6.45) is -1.68. The van der Waals surface area contributed by atoms with Crippen LogP contribution in [-0.2, 0) is 17.5 Å². The topological polar surface area (TPSA) is 54.3 Å². The molecule has 8 heteroatoms. The van der Waals surface area contributed by atoms with Crippen molar-refractivity contribution in [3.05, 3.63) is 70.1 Å².